The summed E-state index contributed by atoms with van der Waals surface area (Å²) in [6.07, 6.45) is 2.84. The van der Waals surface area contributed by atoms with Crippen LogP contribution >= 0.6 is 0 Å². The molecule has 1 atom stereocenters. The minimum Gasteiger partial charge on any atom is -0.326 e. The van der Waals surface area contributed by atoms with E-state index in [0.717, 1.165) is 29.7 Å². The number of nitrogens with one attached hydrogen (secondary N) is 2. The van der Waals surface area contributed by atoms with Crippen LogP contribution in [0.2, 0.25) is 0 Å². The summed E-state index contributed by atoms with van der Waals surface area (Å²) in [5.41, 5.74) is 1.51. The molecular weight excluding hydrogens is 393 g/mol. The fourth-order valence-electron chi connectivity index (χ4n) is 3.46. The lowest BCUT2D eigenvalue weighted by molar-refractivity contribution is -0.885. The maximum absolute atomic E-state index is 13.0. The highest BCUT2D eigenvalue weighted by Crippen LogP contribution is 2.21. The van der Waals surface area contributed by atoms with Crippen molar-refractivity contribution in [2.24, 2.45) is 0 Å². The Hall–Kier alpha value is -2.29. The van der Waals surface area contributed by atoms with Crippen LogP contribution in [0, 0.1) is 5.82 Å². The van der Waals surface area contributed by atoms with E-state index in [1.54, 1.807) is 24.3 Å². The van der Waals surface area contributed by atoms with E-state index in [1.165, 1.54) is 28.6 Å². The summed E-state index contributed by atoms with van der Waals surface area (Å²) in [7, 11) is -1.59. The van der Waals surface area contributed by atoms with Gasteiger partial charge in [0, 0.05) is 24.3 Å². The van der Waals surface area contributed by atoms with Gasteiger partial charge in [0.05, 0.1) is 11.9 Å². The lowest BCUT2D eigenvalue weighted by Gasteiger charge is -2.25. The molecule has 2 N–H and O–H groups in total. The predicted octanol–water partition coefficient (Wildman–Crippen LogP) is 1.65. The Kier molecular flexibility index (Phi) is 7.00. The zero-order valence-electron chi connectivity index (χ0n) is 16.5. The molecule has 1 aliphatic heterocycles. The topological polar surface area (TPSA) is 70.9 Å². The van der Waals surface area contributed by atoms with Gasteiger partial charge < -0.3 is 10.2 Å². The highest BCUT2D eigenvalue weighted by atomic mass is 32.2. The van der Waals surface area contributed by atoms with E-state index in [2.05, 4.69) is 5.32 Å². The standard InChI is InChI=1S/C21H26FN3O3S/c1-24(15-17-5-7-18(22)8-6-17)16-21(26)23-19-9-11-20(12-10-19)29(27,28)25-13-3-2-4-14-25/h5-12H,2-4,13-16H2,1H3,(H,23,26)/p+1. The van der Waals surface area contributed by atoms with Crippen molar-refractivity contribution in [3.05, 3.63) is 59.9 Å². The van der Waals surface area contributed by atoms with Gasteiger partial charge in [-0.1, -0.05) is 18.6 Å². The normalized spacial score (nSPS) is 16.3. The van der Waals surface area contributed by atoms with Crippen LogP contribution < -0.4 is 10.2 Å². The number of rotatable bonds is 7. The fraction of sp³-hybridized carbons (Fsp3) is 0.381. The second kappa shape index (κ2) is 9.47. The average Bonchev–Trinajstić information content (AvgIpc) is 2.70. The molecule has 1 fully saturated rings. The van der Waals surface area contributed by atoms with E-state index in [9.17, 15) is 17.6 Å². The molecule has 0 aliphatic carbocycles. The maximum atomic E-state index is 13.0. The largest absolute Gasteiger partial charge is 0.326 e. The highest BCUT2D eigenvalue weighted by Gasteiger charge is 2.25. The number of anilines is 1. The molecule has 2 aromatic rings. The number of likely N-dealkylation sites (N-methyl/N-ethyl adjacent to an activating group) is 1. The summed E-state index contributed by atoms with van der Waals surface area (Å²) >= 11 is 0. The molecule has 0 bridgehead atoms. The fourth-order valence-corrected chi connectivity index (χ4v) is 4.97. The van der Waals surface area contributed by atoms with E-state index >= 15 is 0 Å². The first-order valence-corrected chi connectivity index (χ1v) is 11.2. The molecule has 1 aliphatic rings. The lowest BCUT2D eigenvalue weighted by Crippen LogP contribution is -3.08. The first kappa shape index (κ1) is 21.4. The van der Waals surface area contributed by atoms with E-state index in [0.29, 0.717) is 25.3 Å². The van der Waals surface area contributed by atoms with Crippen molar-refractivity contribution in [1.82, 2.24) is 4.31 Å². The molecule has 2 aromatic carbocycles. The Morgan fingerprint density at radius 3 is 2.28 bits per heavy atom. The number of sulfonamides is 1. The lowest BCUT2D eigenvalue weighted by atomic mass is 10.2. The van der Waals surface area contributed by atoms with Crippen LogP contribution in [-0.2, 0) is 21.4 Å². The molecule has 0 spiro atoms. The molecule has 29 heavy (non-hydrogen) atoms. The maximum Gasteiger partial charge on any atom is 0.279 e. The smallest absolute Gasteiger partial charge is 0.279 e. The first-order valence-electron chi connectivity index (χ1n) is 9.80. The van der Waals surface area contributed by atoms with Crippen molar-refractivity contribution in [2.75, 3.05) is 32.0 Å². The van der Waals surface area contributed by atoms with E-state index in [-0.39, 0.29) is 23.2 Å². The Labute approximate surface area is 171 Å². The third-order valence-corrected chi connectivity index (χ3v) is 6.89. The summed E-state index contributed by atoms with van der Waals surface area (Å²) < 4.78 is 39.8. The number of hydrogen-bond donors (Lipinski definition) is 2. The van der Waals surface area contributed by atoms with Crippen molar-refractivity contribution in [3.63, 3.8) is 0 Å². The van der Waals surface area contributed by atoms with E-state index < -0.39 is 10.0 Å². The molecule has 0 aromatic heterocycles. The Balaban J connectivity index is 1.54. The average molecular weight is 421 g/mol. The monoisotopic (exact) mass is 420 g/mol. The van der Waals surface area contributed by atoms with Crippen LogP contribution in [0.15, 0.2) is 53.4 Å². The Bertz CT molecular complexity index is 925. The SMILES string of the molecule is C[NH+](CC(=O)Nc1ccc(S(=O)(=O)N2CCCCC2)cc1)Cc1ccc(F)cc1. The molecular formula is C21H27FN3O3S+. The molecule has 156 valence electrons. The van der Waals surface area contributed by atoms with Gasteiger partial charge in [-0.05, 0) is 49.2 Å². The van der Waals surface area contributed by atoms with Crippen LogP contribution in [0.25, 0.3) is 0 Å². The van der Waals surface area contributed by atoms with Crippen LogP contribution in [0.3, 0.4) is 0 Å². The van der Waals surface area contributed by atoms with Crippen LogP contribution in [0.5, 0.6) is 0 Å². The summed E-state index contributed by atoms with van der Waals surface area (Å²) in [6, 6.07) is 12.5. The van der Waals surface area contributed by atoms with Gasteiger partial charge in [0.1, 0.15) is 12.4 Å². The zero-order valence-corrected chi connectivity index (χ0v) is 17.3. The first-order chi connectivity index (χ1) is 13.8. The van der Waals surface area contributed by atoms with Crippen molar-refractivity contribution >= 4 is 21.6 Å². The second-order valence-electron chi connectivity index (χ2n) is 7.47. The van der Waals surface area contributed by atoms with Crippen LogP contribution in [0.1, 0.15) is 24.8 Å². The van der Waals surface area contributed by atoms with E-state index in [1.807, 2.05) is 7.05 Å². The number of piperidine rings is 1. The highest BCUT2D eigenvalue weighted by molar-refractivity contribution is 7.89. The molecule has 1 amide bonds. The molecule has 6 nitrogen and oxygen atoms in total. The molecule has 0 saturated carbocycles. The molecule has 1 unspecified atom stereocenters. The summed E-state index contributed by atoms with van der Waals surface area (Å²) in [5.74, 6) is -0.453. The minimum absolute atomic E-state index is 0.170. The Morgan fingerprint density at radius 2 is 1.66 bits per heavy atom. The van der Waals surface area contributed by atoms with Gasteiger partial charge in [-0.15, -0.1) is 0 Å². The van der Waals surface area contributed by atoms with Crippen molar-refractivity contribution in [3.8, 4) is 0 Å². The minimum atomic E-state index is -3.47. The number of hydrogen-bond acceptors (Lipinski definition) is 3. The van der Waals surface area contributed by atoms with Crippen LogP contribution in [0.4, 0.5) is 10.1 Å². The summed E-state index contributed by atoms with van der Waals surface area (Å²) in [5, 5.41) is 2.80. The van der Waals surface area contributed by atoms with Gasteiger partial charge in [0.25, 0.3) is 5.91 Å². The van der Waals surface area contributed by atoms with Crippen LogP contribution in [-0.4, -0.2) is 45.3 Å². The summed E-state index contributed by atoms with van der Waals surface area (Å²) in [6.45, 7) is 1.96. The number of carbonyl (C=O) groups is 1. The number of amides is 1. The Morgan fingerprint density at radius 1 is 1.03 bits per heavy atom. The number of carbonyl (C=O) groups excluding carboxylic acids is 1. The van der Waals surface area contributed by atoms with Gasteiger partial charge >= 0.3 is 0 Å². The zero-order chi connectivity index (χ0) is 20.9. The molecule has 3 rings (SSSR count). The van der Waals surface area contributed by atoms with Crippen molar-refractivity contribution in [2.45, 2.75) is 30.7 Å². The molecule has 1 saturated heterocycles. The predicted molar refractivity (Wildman–Crippen MR) is 110 cm³/mol. The number of quaternary nitrogens is 1. The number of nitrogens with zero attached hydrogens (tertiary/aromatic N) is 1. The van der Waals surface area contributed by atoms with Gasteiger partial charge in [0.15, 0.2) is 6.54 Å². The van der Waals surface area contributed by atoms with Crippen molar-refractivity contribution in [1.29, 1.82) is 0 Å². The van der Waals surface area contributed by atoms with Gasteiger partial charge in [-0.25, -0.2) is 12.8 Å². The molecule has 8 heteroatoms. The quantitative estimate of drug-likeness (QED) is 0.716. The van der Waals surface area contributed by atoms with Gasteiger partial charge in [-0.2, -0.15) is 4.31 Å². The number of benzene rings is 2. The third kappa shape index (κ3) is 5.85. The summed E-state index contributed by atoms with van der Waals surface area (Å²) in [4.78, 5) is 13.5. The second-order valence-corrected chi connectivity index (χ2v) is 9.41. The molecule has 0 radical (unpaired) electrons. The van der Waals surface area contributed by atoms with Gasteiger partial charge in [-0.3, -0.25) is 4.79 Å². The van der Waals surface area contributed by atoms with Gasteiger partial charge in [0.2, 0.25) is 10.0 Å². The number of halogens is 1. The van der Waals surface area contributed by atoms with E-state index in [4.69, 9.17) is 0 Å². The molecule has 1 heterocycles. The van der Waals surface area contributed by atoms with Crippen molar-refractivity contribution < 1.29 is 22.5 Å². The third-order valence-electron chi connectivity index (χ3n) is 4.97.